The average Bonchev–Trinajstić information content (AvgIpc) is 2.85. The summed E-state index contributed by atoms with van der Waals surface area (Å²) in [6, 6.07) is 18.0. The lowest BCUT2D eigenvalue weighted by Crippen LogP contribution is -2.17. The summed E-state index contributed by atoms with van der Waals surface area (Å²) in [5.41, 5.74) is -0.726. The first kappa shape index (κ1) is 28.5. The van der Waals surface area contributed by atoms with Crippen molar-refractivity contribution in [2.45, 2.75) is 34.6 Å². The van der Waals surface area contributed by atoms with Crippen LogP contribution in [0, 0.1) is 20.8 Å². The molecule has 2 unspecified atom stereocenters. The highest BCUT2D eigenvalue weighted by molar-refractivity contribution is 7.73. The molecule has 2 atom stereocenters. The third-order valence-electron chi connectivity index (χ3n) is 5.43. The maximum Gasteiger partial charge on any atom is 0.451 e. The number of rotatable bonds is 12. The molecule has 0 aliphatic rings. The molecule has 3 aromatic carbocycles. The lowest BCUT2D eigenvalue weighted by atomic mass is 9.94. The lowest BCUT2D eigenvalue weighted by Gasteiger charge is -2.23. The van der Waals surface area contributed by atoms with Crippen molar-refractivity contribution in [3.8, 4) is 11.5 Å². The quantitative estimate of drug-likeness (QED) is 0.216. The Balaban J connectivity index is 2.11. The summed E-state index contributed by atoms with van der Waals surface area (Å²) >= 11 is 0. The van der Waals surface area contributed by atoms with Crippen LogP contribution in [0.3, 0.4) is 0 Å². The van der Waals surface area contributed by atoms with Gasteiger partial charge in [-0.1, -0.05) is 42.5 Å². The zero-order valence-corrected chi connectivity index (χ0v) is 23.2. The van der Waals surface area contributed by atoms with E-state index >= 15 is 0 Å². The van der Waals surface area contributed by atoms with Gasteiger partial charge in [0.2, 0.25) is 0 Å². The van der Waals surface area contributed by atoms with Gasteiger partial charge in [-0.2, -0.15) is 0 Å². The number of carbonyl (C=O) groups excluding carboxylic acids is 2. The third-order valence-corrected chi connectivity index (χ3v) is 8.97. The number of aryl methyl sites for hydroxylation is 2. The molecule has 0 aliphatic carbocycles. The Kier molecular flexibility index (Phi) is 9.27. The van der Waals surface area contributed by atoms with Crippen LogP contribution in [0.4, 0.5) is 0 Å². The molecule has 0 aliphatic heterocycles. The van der Waals surface area contributed by atoms with Crippen LogP contribution in [0.25, 0.3) is 0 Å². The molecule has 10 heteroatoms. The molecule has 0 aromatic heterocycles. The summed E-state index contributed by atoms with van der Waals surface area (Å²) in [7, 11) is -8.73. The van der Waals surface area contributed by atoms with Gasteiger partial charge in [0.25, 0.3) is 11.0 Å². The Morgan fingerprint density at radius 3 is 1.32 bits per heavy atom. The van der Waals surface area contributed by atoms with Gasteiger partial charge in [-0.05, 0) is 75.6 Å². The Bertz CT molecular complexity index is 1270. The molecule has 196 valence electrons. The maximum atomic E-state index is 13.7. The van der Waals surface area contributed by atoms with Gasteiger partial charge in [-0.3, -0.25) is 18.6 Å². The zero-order chi connectivity index (χ0) is 27.2. The molecule has 0 fully saturated rings. The van der Waals surface area contributed by atoms with Crippen molar-refractivity contribution in [3.63, 3.8) is 0 Å². The third kappa shape index (κ3) is 6.28. The minimum atomic E-state index is -4.36. The molecule has 0 heterocycles. The van der Waals surface area contributed by atoms with Crippen molar-refractivity contribution in [3.05, 3.63) is 94.5 Å². The number of hydrogen-bond acceptors (Lipinski definition) is 8. The van der Waals surface area contributed by atoms with E-state index in [2.05, 4.69) is 0 Å². The van der Waals surface area contributed by atoms with E-state index in [1.165, 1.54) is 6.92 Å². The van der Waals surface area contributed by atoms with Gasteiger partial charge in [0, 0.05) is 11.1 Å². The summed E-state index contributed by atoms with van der Waals surface area (Å²) in [6.07, 6.45) is 0. The highest BCUT2D eigenvalue weighted by atomic mass is 31.2. The van der Waals surface area contributed by atoms with Crippen LogP contribution in [-0.4, -0.2) is 24.3 Å². The van der Waals surface area contributed by atoms with Gasteiger partial charge in [-0.15, -0.1) is 0 Å². The minimum absolute atomic E-state index is 0.00979. The first-order chi connectivity index (χ1) is 17.6. The predicted molar refractivity (Wildman–Crippen MR) is 142 cm³/mol. The van der Waals surface area contributed by atoms with Gasteiger partial charge in [0.1, 0.15) is 11.5 Å². The van der Waals surface area contributed by atoms with Gasteiger partial charge in [-0.25, -0.2) is 9.13 Å². The van der Waals surface area contributed by atoms with Gasteiger partial charge in [0.05, 0.1) is 13.2 Å². The van der Waals surface area contributed by atoms with E-state index in [4.69, 9.17) is 18.1 Å². The molecular formula is C27H30O8P2. The number of hydrogen-bond donors (Lipinski definition) is 0. The number of para-hydroxylation sites is 2. The van der Waals surface area contributed by atoms with Crippen molar-refractivity contribution in [1.82, 2.24) is 0 Å². The van der Waals surface area contributed by atoms with E-state index in [0.717, 1.165) is 0 Å². The Morgan fingerprint density at radius 2 is 1.00 bits per heavy atom. The Labute approximate surface area is 217 Å². The zero-order valence-electron chi connectivity index (χ0n) is 21.4. The summed E-state index contributed by atoms with van der Waals surface area (Å²) in [5, 5.41) is 0. The van der Waals surface area contributed by atoms with Crippen LogP contribution in [0.15, 0.2) is 66.7 Å². The molecule has 0 spiro atoms. The topological polar surface area (TPSA) is 105 Å². The molecular weight excluding hydrogens is 514 g/mol. The van der Waals surface area contributed by atoms with E-state index in [-0.39, 0.29) is 41.4 Å². The molecule has 0 saturated carbocycles. The van der Waals surface area contributed by atoms with Gasteiger partial charge in [0.15, 0.2) is 0 Å². The maximum absolute atomic E-state index is 13.7. The standard InChI is InChI=1S/C27H30O8P2/c1-6-32-36(30,34-22-14-10-8-11-15-22)26(28)24-19(3)18-20(4)25(21(24)5)27(29)37(31,33-7-2)35-23-16-12-9-13-17-23/h8-18H,6-7H2,1-5H3. The summed E-state index contributed by atoms with van der Waals surface area (Å²) in [6.45, 7) is 7.94. The smallest absolute Gasteiger partial charge is 0.419 e. The highest BCUT2D eigenvalue weighted by Crippen LogP contribution is 2.55. The van der Waals surface area contributed by atoms with Crippen LogP contribution in [0.2, 0.25) is 0 Å². The second-order valence-electron chi connectivity index (χ2n) is 8.13. The van der Waals surface area contributed by atoms with E-state index in [9.17, 15) is 18.7 Å². The highest BCUT2D eigenvalue weighted by Gasteiger charge is 2.43. The fourth-order valence-electron chi connectivity index (χ4n) is 3.95. The van der Waals surface area contributed by atoms with E-state index < -0.39 is 26.2 Å². The van der Waals surface area contributed by atoms with Gasteiger partial charge < -0.3 is 9.05 Å². The molecule has 0 radical (unpaired) electrons. The van der Waals surface area contributed by atoms with Gasteiger partial charge >= 0.3 is 15.2 Å². The number of benzene rings is 3. The average molecular weight is 544 g/mol. The SMILES string of the molecule is CCOP(=O)(Oc1ccccc1)C(=O)c1c(C)cc(C)c(C(=O)P(=O)(OCC)Oc2ccccc2)c1C. The molecule has 3 aromatic rings. The Hall–Kier alpha value is -3.02. The monoisotopic (exact) mass is 544 g/mol. The van der Waals surface area contributed by atoms with E-state index in [1.54, 1.807) is 94.4 Å². The van der Waals surface area contributed by atoms with Crippen molar-refractivity contribution in [1.29, 1.82) is 0 Å². The van der Waals surface area contributed by atoms with Crippen LogP contribution in [-0.2, 0) is 18.2 Å². The second-order valence-corrected chi connectivity index (χ2v) is 11.8. The molecule has 3 rings (SSSR count). The summed E-state index contributed by atoms with van der Waals surface area (Å²) in [5.74, 6) is 0.395. The molecule has 0 N–H and O–H groups in total. The molecule has 0 bridgehead atoms. The molecule has 8 nitrogen and oxygen atoms in total. The van der Waals surface area contributed by atoms with Crippen molar-refractivity contribution in [2.24, 2.45) is 0 Å². The summed E-state index contributed by atoms with van der Waals surface area (Å²) in [4.78, 5) is 27.4. The van der Waals surface area contributed by atoms with Crippen molar-refractivity contribution >= 4 is 26.2 Å². The van der Waals surface area contributed by atoms with Crippen molar-refractivity contribution in [2.75, 3.05) is 13.2 Å². The van der Waals surface area contributed by atoms with E-state index in [0.29, 0.717) is 11.1 Å². The van der Waals surface area contributed by atoms with E-state index in [1.807, 2.05) is 0 Å². The fourth-order valence-corrected chi connectivity index (χ4v) is 7.17. The predicted octanol–water partition coefficient (Wildman–Crippen LogP) is 7.51. The van der Waals surface area contributed by atoms with Crippen LogP contribution in [0.5, 0.6) is 11.5 Å². The van der Waals surface area contributed by atoms with Crippen LogP contribution >= 0.6 is 15.2 Å². The summed E-state index contributed by atoms with van der Waals surface area (Å²) < 4.78 is 49.3. The normalized spacial score (nSPS) is 14.3. The molecule has 37 heavy (non-hydrogen) atoms. The fraction of sp³-hybridized carbons (Fsp3) is 0.259. The lowest BCUT2D eigenvalue weighted by molar-refractivity contribution is 0.102. The van der Waals surface area contributed by atoms with Crippen molar-refractivity contribution < 1.29 is 36.8 Å². The largest absolute Gasteiger partial charge is 0.451 e. The first-order valence-corrected chi connectivity index (χ1v) is 14.8. The first-order valence-electron chi connectivity index (χ1n) is 11.7. The molecule has 0 amide bonds. The van der Waals surface area contributed by atoms with Crippen LogP contribution in [0.1, 0.15) is 51.3 Å². The van der Waals surface area contributed by atoms with Crippen LogP contribution < -0.4 is 9.05 Å². The number of carbonyl (C=O) groups is 2. The second kappa shape index (κ2) is 12.0. The Morgan fingerprint density at radius 1 is 0.649 bits per heavy atom. The molecule has 0 saturated heterocycles. The minimum Gasteiger partial charge on any atom is -0.419 e.